The Hall–Kier alpha value is -1.92. The molecule has 496 valence electrons. The van der Waals surface area contributed by atoms with Gasteiger partial charge in [0.05, 0.1) is 25.4 Å². The molecule has 2 atom stereocenters. The van der Waals surface area contributed by atoms with Crippen LogP contribution in [-0.2, 0) is 14.3 Å². The SMILES string of the molecule is CCCCCCCCCCCCCCCCCCC/C=C/C(O)C(CO)NC(=O)CCCCCCCCCCCCCCCCCCC/C=C\C/C=C\CCCCCCCCCCCCCCCOC(=O)CCCCCCCCCCCCC. The van der Waals surface area contributed by atoms with E-state index in [4.69, 9.17) is 4.74 Å². The fourth-order valence-corrected chi connectivity index (χ4v) is 12.1. The maximum Gasteiger partial charge on any atom is 0.305 e. The number of nitrogens with one attached hydrogen (secondary N) is 1. The van der Waals surface area contributed by atoms with Crippen LogP contribution in [0.5, 0.6) is 0 Å². The highest BCUT2D eigenvalue weighted by molar-refractivity contribution is 5.76. The first-order chi connectivity index (χ1) is 41.5. The number of rotatable bonds is 72. The third kappa shape index (κ3) is 69.2. The van der Waals surface area contributed by atoms with Gasteiger partial charge in [-0.3, -0.25) is 9.59 Å². The molecule has 0 saturated heterocycles. The number of amides is 1. The Morgan fingerprint density at radius 3 is 0.905 bits per heavy atom. The molecule has 0 fully saturated rings. The Kier molecular flexibility index (Phi) is 71.9. The molecule has 0 aliphatic heterocycles. The predicted octanol–water partition coefficient (Wildman–Crippen LogP) is 25.0. The van der Waals surface area contributed by atoms with E-state index in [1.807, 2.05) is 6.08 Å². The van der Waals surface area contributed by atoms with E-state index >= 15 is 0 Å². The van der Waals surface area contributed by atoms with Crippen molar-refractivity contribution in [1.29, 1.82) is 0 Å². The fourth-order valence-electron chi connectivity index (χ4n) is 12.1. The van der Waals surface area contributed by atoms with Gasteiger partial charge in [-0.15, -0.1) is 0 Å². The minimum absolute atomic E-state index is 0.0187. The van der Waals surface area contributed by atoms with E-state index in [1.54, 1.807) is 6.08 Å². The molecule has 6 nitrogen and oxygen atoms in total. The minimum atomic E-state index is -0.843. The van der Waals surface area contributed by atoms with Crippen molar-refractivity contribution in [2.24, 2.45) is 0 Å². The van der Waals surface area contributed by atoms with Crippen LogP contribution in [0.3, 0.4) is 0 Å². The van der Waals surface area contributed by atoms with Crippen molar-refractivity contribution in [1.82, 2.24) is 5.32 Å². The molecular formula is C78H149NO5. The third-order valence-electron chi connectivity index (χ3n) is 17.9. The van der Waals surface area contributed by atoms with E-state index in [-0.39, 0.29) is 18.5 Å². The summed E-state index contributed by atoms with van der Waals surface area (Å²) in [5.41, 5.74) is 0. The number of carbonyl (C=O) groups excluding carboxylic acids is 2. The maximum atomic E-state index is 12.5. The summed E-state index contributed by atoms with van der Waals surface area (Å²) in [5.74, 6) is -0.0427. The monoisotopic (exact) mass is 1180 g/mol. The molecule has 0 saturated carbocycles. The molecule has 84 heavy (non-hydrogen) atoms. The lowest BCUT2D eigenvalue weighted by atomic mass is 10.0. The van der Waals surface area contributed by atoms with Gasteiger partial charge in [0.25, 0.3) is 0 Å². The Morgan fingerprint density at radius 2 is 0.595 bits per heavy atom. The first kappa shape index (κ1) is 82.1. The second-order valence-electron chi connectivity index (χ2n) is 26.3. The van der Waals surface area contributed by atoms with Crippen LogP contribution < -0.4 is 5.32 Å². The van der Waals surface area contributed by atoms with Gasteiger partial charge < -0.3 is 20.3 Å². The summed E-state index contributed by atoms with van der Waals surface area (Å²) in [6.45, 7) is 4.94. The van der Waals surface area contributed by atoms with Gasteiger partial charge in [0.15, 0.2) is 0 Å². The van der Waals surface area contributed by atoms with Gasteiger partial charge in [0.2, 0.25) is 5.91 Å². The molecule has 0 rings (SSSR count). The number of ether oxygens (including phenoxy) is 1. The smallest absolute Gasteiger partial charge is 0.305 e. The summed E-state index contributed by atoms with van der Waals surface area (Å²) in [4.78, 5) is 24.5. The van der Waals surface area contributed by atoms with Gasteiger partial charge in [-0.1, -0.05) is 384 Å². The zero-order valence-electron chi connectivity index (χ0n) is 56.9. The maximum absolute atomic E-state index is 12.5. The van der Waals surface area contributed by atoms with E-state index in [0.29, 0.717) is 19.4 Å². The Bertz CT molecular complexity index is 1360. The number of hydrogen-bond donors (Lipinski definition) is 3. The second-order valence-corrected chi connectivity index (χ2v) is 26.3. The summed E-state index contributed by atoms with van der Waals surface area (Å²) in [7, 11) is 0. The van der Waals surface area contributed by atoms with E-state index in [1.165, 1.54) is 353 Å². The van der Waals surface area contributed by atoms with Crippen molar-refractivity contribution in [3.05, 3.63) is 36.5 Å². The van der Waals surface area contributed by atoms with Crippen LogP contribution in [0, 0.1) is 0 Å². The normalized spacial score (nSPS) is 12.7. The van der Waals surface area contributed by atoms with E-state index in [2.05, 4.69) is 43.5 Å². The van der Waals surface area contributed by atoms with E-state index < -0.39 is 12.1 Å². The molecule has 0 aliphatic rings. The van der Waals surface area contributed by atoms with Gasteiger partial charge in [0.1, 0.15) is 0 Å². The molecular weight excluding hydrogens is 1030 g/mol. The lowest BCUT2D eigenvalue weighted by Gasteiger charge is -2.20. The highest BCUT2D eigenvalue weighted by atomic mass is 16.5. The Labute approximate surface area is 525 Å². The molecule has 2 unspecified atom stereocenters. The number of esters is 1. The van der Waals surface area contributed by atoms with Crippen molar-refractivity contribution < 1.29 is 24.5 Å². The van der Waals surface area contributed by atoms with Crippen molar-refractivity contribution >= 4 is 11.9 Å². The summed E-state index contributed by atoms with van der Waals surface area (Å²) < 4.78 is 5.48. The number of hydrogen-bond acceptors (Lipinski definition) is 5. The first-order valence-electron chi connectivity index (χ1n) is 38.3. The summed E-state index contributed by atoms with van der Waals surface area (Å²) in [6.07, 6.45) is 95.5. The summed E-state index contributed by atoms with van der Waals surface area (Å²) >= 11 is 0. The highest BCUT2D eigenvalue weighted by Gasteiger charge is 2.18. The summed E-state index contributed by atoms with van der Waals surface area (Å²) in [6, 6.07) is -0.626. The number of unbranched alkanes of at least 4 members (excludes halogenated alkanes) is 57. The van der Waals surface area contributed by atoms with E-state index in [9.17, 15) is 19.8 Å². The molecule has 6 heteroatoms. The molecule has 0 aromatic heterocycles. The van der Waals surface area contributed by atoms with Gasteiger partial charge in [-0.25, -0.2) is 0 Å². The molecule has 0 heterocycles. The molecule has 3 N–H and O–H groups in total. The lowest BCUT2D eigenvalue weighted by molar-refractivity contribution is -0.143. The Balaban J connectivity index is 3.38. The lowest BCUT2D eigenvalue weighted by Crippen LogP contribution is -2.45. The average Bonchev–Trinajstić information content (AvgIpc) is 3.50. The fraction of sp³-hybridized carbons (Fsp3) is 0.897. The minimum Gasteiger partial charge on any atom is -0.466 e. The number of carbonyl (C=O) groups is 2. The van der Waals surface area contributed by atoms with Gasteiger partial charge in [0, 0.05) is 12.8 Å². The number of aliphatic hydroxyl groups excluding tert-OH is 2. The van der Waals surface area contributed by atoms with E-state index in [0.717, 1.165) is 44.9 Å². The van der Waals surface area contributed by atoms with Crippen LogP contribution in [0.25, 0.3) is 0 Å². The van der Waals surface area contributed by atoms with Crippen LogP contribution in [0.2, 0.25) is 0 Å². The van der Waals surface area contributed by atoms with Crippen LogP contribution in [0.4, 0.5) is 0 Å². The average molecular weight is 1180 g/mol. The summed E-state index contributed by atoms with van der Waals surface area (Å²) in [5, 5.41) is 23.2. The standard InChI is InChI=1S/C78H149NO5/c1-3-5-7-9-11-13-15-16-17-18-38-41-44-47-51-54-58-62-66-70-76(81)75(74-80)79-77(82)71-67-63-59-55-52-48-45-42-39-36-34-32-30-28-26-24-22-20-19-21-23-25-27-29-31-33-35-37-40-43-46-49-53-57-61-65-69-73-84-78(83)72-68-64-60-56-50-14-12-10-8-6-4-2/h19,21,25,27,66,70,75-76,80-81H,3-18,20,22-24,26,28-65,67-69,71-74H2,1-2H3,(H,79,82)/b21-19-,27-25-,70-66+. The molecule has 0 bridgehead atoms. The first-order valence-corrected chi connectivity index (χ1v) is 38.3. The second kappa shape index (κ2) is 73.5. The van der Waals surface area contributed by atoms with Crippen molar-refractivity contribution in [3.8, 4) is 0 Å². The van der Waals surface area contributed by atoms with Gasteiger partial charge in [-0.2, -0.15) is 0 Å². The largest absolute Gasteiger partial charge is 0.466 e. The topological polar surface area (TPSA) is 95.9 Å². The number of aliphatic hydroxyl groups is 2. The third-order valence-corrected chi connectivity index (χ3v) is 17.9. The predicted molar refractivity (Wildman–Crippen MR) is 370 cm³/mol. The zero-order valence-corrected chi connectivity index (χ0v) is 56.9. The quantitative estimate of drug-likeness (QED) is 0.0320. The zero-order chi connectivity index (χ0) is 60.6. The van der Waals surface area contributed by atoms with Crippen LogP contribution in [-0.4, -0.2) is 47.4 Å². The molecule has 0 spiro atoms. The van der Waals surface area contributed by atoms with Crippen molar-refractivity contribution in [3.63, 3.8) is 0 Å². The van der Waals surface area contributed by atoms with Gasteiger partial charge >= 0.3 is 5.97 Å². The van der Waals surface area contributed by atoms with Crippen molar-refractivity contribution in [2.45, 2.75) is 437 Å². The number of allylic oxidation sites excluding steroid dienone is 5. The molecule has 0 aromatic rings. The van der Waals surface area contributed by atoms with Gasteiger partial charge in [-0.05, 0) is 64.2 Å². The van der Waals surface area contributed by atoms with Crippen LogP contribution >= 0.6 is 0 Å². The van der Waals surface area contributed by atoms with Crippen molar-refractivity contribution in [2.75, 3.05) is 13.2 Å². The molecule has 0 radical (unpaired) electrons. The highest BCUT2D eigenvalue weighted by Crippen LogP contribution is 2.19. The Morgan fingerprint density at radius 1 is 0.333 bits per heavy atom. The molecule has 0 aromatic carbocycles. The van der Waals surface area contributed by atoms with Crippen LogP contribution in [0.15, 0.2) is 36.5 Å². The van der Waals surface area contributed by atoms with Crippen LogP contribution in [0.1, 0.15) is 425 Å². The molecule has 0 aliphatic carbocycles. The molecule has 1 amide bonds.